The van der Waals surface area contributed by atoms with Crippen LogP contribution in [0.5, 0.6) is 0 Å². The third-order valence-corrected chi connectivity index (χ3v) is 3.51. The fourth-order valence-electron chi connectivity index (χ4n) is 2.58. The van der Waals surface area contributed by atoms with Crippen LogP contribution < -0.4 is 5.73 Å². The predicted molar refractivity (Wildman–Crippen MR) is 71.2 cm³/mol. The molecule has 1 aliphatic heterocycles. The lowest BCUT2D eigenvalue weighted by Crippen LogP contribution is -2.14. The number of anilines is 1. The van der Waals surface area contributed by atoms with E-state index >= 15 is 0 Å². The van der Waals surface area contributed by atoms with Gasteiger partial charge in [0.2, 0.25) is 0 Å². The molecular weight excluding hydrogens is 226 g/mol. The molecule has 1 saturated heterocycles. The van der Waals surface area contributed by atoms with E-state index in [0.717, 1.165) is 31.7 Å². The van der Waals surface area contributed by atoms with E-state index in [4.69, 9.17) is 10.5 Å². The number of hydrogen-bond donors (Lipinski definition) is 2. The molecule has 4 nitrogen and oxygen atoms in total. The highest BCUT2D eigenvalue weighted by Crippen LogP contribution is 2.34. The zero-order valence-corrected chi connectivity index (χ0v) is 10.2. The van der Waals surface area contributed by atoms with Crippen molar-refractivity contribution in [3.8, 4) is 11.3 Å². The first-order chi connectivity index (χ1) is 8.84. The molecule has 0 atom stereocenters. The summed E-state index contributed by atoms with van der Waals surface area (Å²) in [7, 11) is 0. The van der Waals surface area contributed by atoms with E-state index in [-0.39, 0.29) is 0 Å². The van der Waals surface area contributed by atoms with Gasteiger partial charge in [0.15, 0.2) is 0 Å². The molecule has 1 fully saturated rings. The molecular formula is C14H17N3O. The van der Waals surface area contributed by atoms with Crippen molar-refractivity contribution >= 4 is 5.82 Å². The van der Waals surface area contributed by atoms with Gasteiger partial charge in [-0.1, -0.05) is 24.3 Å². The molecule has 2 aromatic rings. The number of H-pyrrole nitrogens is 1. The second kappa shape index (κ2) is 4.82. The Morgan fingerprint density at radius 2 is 2.00 bits per heavy atom. The predicted octanol–water partition coefficient (Wildman–Crippen LogP) is 2.55. The van der Waals surface area contributed by atoms with Crippen molar-refractivity contribution in [1.29, 1.82) is 0 Å². The molecule has 18 heavy (non-hydrogen) atoms. The highest BCUT2D eigenvalue weighted by molar-refractivity contribution is 5.66. The normalized spacial score (nSPS) is 16.9. The number of rotatable bonds is 2. The van der Waals surface area contributed by atoms with Crippen molar-refractivity contribution in [3.63, 3.8) is 0 Å². The SMILES string of the molecule is Nc1cc(-c2ccccc2C2CCOCC2)[nH]n1. The number of aromatic nitrogens is 2. The molecule has 0 aliphatic carbocycles. The number of aromatic amines is 1. The summed E-state index contributed by atoms with van der Waals surface area (Å²) in [6, 6.07) is 10.3. The Morgan fingerprint density at radius 3 is 2.72 bits per heavy atom. The molecule has 2 heterocycles. The summed E-state index contributed by atoms with van der Waals surface area (Å²) in [6.45, 7) is 1.70. The van der Waals surface area contributed by atoms with Gasteiger partial charge in [0.25, 0.3) is 0 Å². The molecule has 0 unspecified atom stereocenters. The smallest absolute Gasteiger partial charge is 0.145 e. The van der Waals surface area contributed by atoms with E-state index in [0.29, 0.717) is 11.7 Å². The molecule has 0 radical (unpaired) electrons. The van der Waals surface area contributed by atoms with Crippen LogP contribution in [0.15, 0.2) is 30.3 Å². The summed E-state index contributed by atoms with van der Waals surface area (Å²) in [5, 5.41) is 7.00. The van der Waals surface area contributed by atoms with Crippen LogP contribution in [0.2, 0.25) is 0 Å². The molecule has 3 rings (SSSR count). The zero-order chi connectivity index (χ0) is 12.4. The van der Waals surface area contributed by atoms with Gasteiger partial charge in [-0.3, -0.25) is 5.10 Å². The van der Waals surface area contributed by atoms with Crippen LogP contribution in [0.25, 0.3) is 11.3 Å². The minimum absolute atomic E-state index is 0.534. The van der Waals surface area contributed by atoms with Gasteiger partial charge in [0.1, 0.15) is 5.82 Å². The van der Waals surface area contributed by atoms with Crippen molar-refractivity contribution in [1.82, 2.24) is 10.2 Å². The molecule has 1 aliphatic rings. The van der Waals surface area contributed by atoms with Crippen molar-refractivity contribution < 1.29 is 4.74 Å². The first-order valence-electron chi connectivity index (χ1n) is 6.32. The number of nitrogens with zero attached hydrogens (tertiary/aromatic N) is 1. The molecule has 1 aromatic carbocycles. The molecule has 1 aromatic heterocycles. The van der Waals surface area contributed by atoms with Gasteiger partial charge >= 0.3 is 0 Å². The number of nitrogens with one attached hydrogen (secondary N) is 1. The van der Waals surface area contributed by atoms with Gasteiger partial charge < -0.3 is 10.5 Å². The van der Waals surface area contributed by atoms with Crippen LogP contribution in [0.1, 0.15) is 24.3 Å². The average molecular weight is 243 g/mol. The Kier molecular flexibility index (Phi) is 3.02. The number of benzene rings is 1. The van der Waals surface area contributed by atoms with E-state index in [1.807, 2.05) is 6.07 Å². The lowest BCUT2D eigenvalue weighted by atomic mass is 9.87. The topological polar surface area (TPSA) is 63.9 Å². The average Bonchev–Trinajstić information content (AvgIpc) is 2.86. The molecule has 0 amide bonds. The van der Waals surface area contributed by atoms with E-state index < -0.39 is 0 Å². The maximum atomic E-state index is 5.68. The molecule has 3 N–H and O–H groups in total. The van der Waals surface area contributed by atoms with Gasteiger partial charge in [0.05, 0.1) is 5.69 Å². The third kappa shape index (κ3) is 2.11. The summed E-state index contributed by atoms with van der Waals surface area (Å²) >= 11 is 0. The van der Waals surface area contributed by atoms with Crippen molar-refractivity contribution in [2.24, 2.45) is 0 Å². The molecule has 94 valence electrons. The van der Waals surface area contributed by atoms with Crippen LogP contribution in [-0.2, 0) is 4.74 Å². The lowest BCUT2D eigenvalue weighted by molar-refractivity contribution is 0.0854. The van der Waals surface area contributed by atoms with Crippen LogP contribution in [0.4, 0.5) is 5.82 Å². The Bertz CT molecular complexity index is 529. The second-order valence-electron chi connectivity index (χ2n) is 4.68. The van der Waals surface area contributed by atoms with Crippen LogP contribution in [-0.4, -0.2) is 23.4 Å². The highest BCUT2D eigenvalue weighted by Gasteiger charge is 2.19. The summed E-state index contributed by atoms with van der Waals surface area (Å²) in [5.74, 6) is 1.10. The quantitative estimate of drug-likeness (QED) is 0.852. The van der Waals surface area contributed by atoms with E-state index in [1.54, 1.807) is 0 Å². The number of nitrogen functional groups attached to an aromatic ring is 1. The molecule has 4 heteroatoms. The highest BCUT2D eigenvalue weighted by atomic mass is 16.5. The maximum Gasteiger partial charge on any atom is 0.145 e. The fourth-order valence-corrected chi connectivity index (χ4v) is 2.58. The van der Waals surface area contributed by atoms with Gasteiger partial charge in [-0.15, -0.1) is 0 Å². The largest absolute Gasteiger partial charge is 0.382 e. The van der Waals surface area contributed by atoms with Crippen molar-refractivity contribution in [3.05, 3.63) is 35.9 Å². The third-order valence-electron chi connectivity index (χ3n) is 3.51. The molecule has 0 saturated carbocycles. The Balaban J connectivity index is 1.99. The Labute approximate surface area is 106 Å². The van der Waals surface area contributed by atoms with Crippen molar-refractivity contribution in [2.75, 3.05) is 18.9 Å². The van der Waals surface area contributed by atoms with Crippen LogP contribution in [0, 0.1) is 0 Å². The minimum atomic E-state index is 0.534. The zero-order valence-electron chi connectivity index (χ0n) is 10.2. The standard InChI is InChI=1S/C14H17N3O/c15-14-9-13(16-17-14)12-4-2-1-3-11(12)10-5-7-18-8-6-10/h1-4,9-10H,5-8H2,(H3,15,16,17). The summed E-state index contributed by atoms with van der Waals surface area (Å²) in [4.78, 5) is 0. The van der Waals surface area contributed by atoms with Gasteiger partial charge in [-0.25, -0.2) is 0 Å². The van der Waals surface area contributed by atoms with Gasteiger partial charge in [-0.05, 0) is 24.3 Å². The summed E-state index contributed by atoms with van der Waals surface area (Å²) < 4.78 is 5.43. The van der Waals surface area contributed by atoms with Crippen molar-refractivity contribution in [2.45, 2.75) is 18.8 Å². The van der Waals surface area contributed by atoms with Crippen LogP contribution in [0.3, 0.4) is 0 Å². The van der Waals surface area contributed by atoms with Crippen LogP contribution >= 0.6 is 0 Å². The Hall–Kier alpha value is -1.81. The fraction of sp³-hybridized carbons (Fsp3) is 0.357. The number of hydrogen-bond acceptors (Lipinski definition) is 3. The number of ether oxygens (including phenoxy) is 1. The number of nitrogens with two attached hydrogens (primary N) is 1. The Morgan fingerprint density at radius 1 is 1.22 bits per heavy atom. The molecule has 0 bridgehead atoms. The minimum Gasteiger partial charge on any atom is -0.382 e. The monoisotopic (exact) mass is 243 g/mol. The van der Waals surface area contributed by atoms with E-state index in [2.05, 4.69) is 34.5 Å². The summed E-state index contributed by atoms with van der Waals surface area (Å²) in [6.07, 6.45) is 2.17. The van der Waals surface area contributed by atoms with E-state index in [1.165, 1.54) is 11.1 Å². The molecule has 0 spiro atoms. The first-order valence-corrected chi connectivity index (χ1v) is 6.32. The lowest BCUT2D eigenvalue weighted by Gasteiger charge is -2.24. The first kappa shape index (κ1) is 11.3. The summed E-state index contributed by atoms with van der Waals surface area (Å²) in [5.41, 5.74) is 9.24. The maximum absolute atomic E-state index is 5.68. The van der Waals surface area contributed by atoms with E-state index in [9.17, 15) is 0 Å². The van der Waals surface area contributed by atoms with Gasteiger partial charge in [0, 0.05) is 24.8 Å². The second-order valence-corrected chi connectivity index (χ2v) is 4.68. The van der Waals surface area contributed by atoms with Gasteiger partial charge in [-0.2, -0.15) is 5.10 Å².